The summed E-state index contributed by atoms with van der Waals surface area (Å²) in [5.41, 5.74) is 2.51. The van der Waals surface area contributed by atoms with E-state index in [1.807, 2.05) is 84.9 Å². The molecule has 1 amide bonds. The van der Waals surface area contributed by atoms with E-state index in [-0.39, 0.29) is 23.7 Å². The molecule has 4 aromatic carbocycles. The number of benzene rings is 4. The van der Waals surface area contributed by atoms with E-state index < -0.39 is 30.1 Å². The van der Waals surface area contributed by atoms with Gasteiger partial charge in [-0.3, -0.25) is 4.79 Å². The topological polar surface area (TPSA) is 72.9 Å². The average Bonchev–Trinajstić information content (AvgIpc) is 3.01. The molecule has 6 nitrogen and oxygen atoms in total. The monoisotopic (exact) mass is 545 g/mol. The summed E-state index contributed by atoms with van der Waals surface area (Å²) in [7, 11) is 0. The van der Waals surface area contributed by atoms with Crippen LogP contribution in [-0.2, 0) is 14.3 Å². The van der Waals surface area contributed by atoms with E-state index in [4.69, 9.17) is 9.47 Å². The number of hydrogen-bond acceptors (Lipinski definition) is 5. The molecule has 1 heterocycles. The second-order valence-corrected chi connectivity index (χ2v) is 10.1. The molecule has 41 heavy (non-hydrogen) atoms. The molecule has 0 bridgehead atoms. The zero-order valence-corrected chi connectivity index (χ0v) is 23.0. The van der Waals surface area contributed by atoms with Crippen molar-refractivity contribution in [1.29, 1.82) is 0 Å². The van der Waals surface area contributed by atoms with E-state index in [1.54, 1.807) is 55.1 Å². The molecule has 0 radical (unpaired) electrons. The lowest BCUT2D eigenvalue weighted by Crippen LogP contribution is -2.44. The van der Waals surface area contributed by atoms with Gasteiger partial charge in [-0.25, -0.2) is 9.59 Å². The Kier molecular flexibility index (Phi) is 8.39. The van der Waals surface area contributed by atoms with Crippen LogP contribution in [0.3, 0.4) is 0 Å². The van der Waals surface area contributed by atoms with Gasteiger partial charge >= 0.3 is 11.9 Å². The fourth-order valence-electron chi connectivity index (χ4n) is 5.10. The van der Waals surface area contributed by atoms with Gasteiger partial charge in [-0.05, 0) is 49.2 Å². The zero-order valence-electron chi connectivity index (χ0n) is 23.0. The normalized spacial score (nSPS) is 16.8. The Labute approximate surface area is 239 Å². The third-order valence-electron chi connectivity index (χ3n) is 6.91. The number of carbonyl (C=O) groups is 3. The number of esters is 2. The fraction of sp³-hybridized carbons (Fsp3) is 0.171. The van der Waals surface area contributed by atoms with Crippen LogP contribution in [0.25, 0.3) is 0 Å². The van der Waals surface area contributed by atoms with Crippen molar-refractivity contribution in [2.75, 3.05) is 0 Å². The minimum absolute atomic E-state index is 0.104. The SMILES string of the molecule is CC(C)OC(=O)C1=C(OC(=O)c2ccccc2)C[C@H](c2ccccc2)N(C(=O)c2ccccc2)[C@@H]1c1ccccc1. The lowest BCUT2D eigenvalue weighted by Gasteiger charge is -2.43. The number of hydrogen-bond donors (Lipinski definition) is 0. The molecule has 0 aliphatic carbocycles. The molecule has 5 rings (SSSR count). The first kappa shape index (κ1) is 27.6. The highest BCUT2D eigenvalue weighted by Gasteiger charge is 2.45. The summed E-state index contributed by atoms with van der Waals surface area (Å²) in [6.07, 6.45) is -0.324. The van der Waals surface area contributed by atoms with Gasteiger partial charge in [0.05, 0.1) is 23.8 Å². The Balaban J connectivity index is 1.74. The summed E-state index contributed by atoms with van der Waals surface area (Å²) >= 11 is 0. The number of rotatable bonds is 7. The third-order valence-corrected chi connectivity index (χ3v) is 6.91. The molecule has 1 aliphatic heterocycles. The highest BCUT2D eigenvalue weighted by molar-refractivity contribution is 5.99. The molecule has 0 aromatic heterocycles. The lowest BCUT2D eigenvalue weighted by molar-refractivity contribution is -0.144. The summed E-state index contributed by atoms with van der Waals surface area (Å²) in [6, 6.07) is 35.1. The first-order chi connectivity index (χ1) is 19.9. The highest BCUT2D eigenvalue weighted by Crippen LogP contribution is 2.47. The summed E-state index contributed by atoms with van der Waals surface area (Å²) in [5.74, 6) is -1.29. The van der Waals surface area contributed by atoms with Crippen molar-refractivity contribution < 1.29 is 23.9 Å². The van der Waals surface area contributed by atoms with Crippen LogP contribution in [0.1, 0.15) is 64.2 Å². The van der Waals surface area contributed by atoms with Crippen molar-refractivity contribution in [3.8, 4) is 0 Å². The van der Waals surface area contributed by atoms with Crippen LogP contribution < -0.4 is 0 Å². The lowest BCUT2D eigenvalue weighted by atomic mass is 9.85. The Morgan fingerprint density at radius 3 is 1.68 bits per heavy atom. The predicted octanol–water partition coefficient (Wildman–Crippen LogP) is 7.08. The maximum Gasteiger partial charge on any atom is 0.343 e. The van der Waals surface area contributed by atoms with Crippen LogP contribution in [0.4, 0.5) is 0 Å². The molecular formula is C35H31NO5. The minimum Gasteiger partial charge on any atom is -0.459 e. The van der Waals surface area contributed by atoms with Gasteiger partial charge in [-0.15, -0.1) is 0 Å². The molecule has 4 aromatic rings. The van der Waals surface area contributed by atoms with Gasteiger partial charge in [0.1, 0.15) is 11.3 Å². The van der Waals surface area contributed by atoms with Gasteiger partial charge in [-0.1, -0.05) is 97.1 Å². The molecule has 206 valence electrons. The summed E-state index contributed by atoms with van der Waals surface area (Å²) in [6.45, 7) is 3.52. The van der Waals surface area contributed by atoms with Crippen molar-refractivity contribution in [2.45, 2.75) is 38.5 Å². The van der Waals surface area contributed by atoms with E-state index in [0.717, 1.165) is 5.56 Å². The molecule has 0 spiro atoms. The van der Waals surface area contributed by atoms with Crippen LogP contribution >= 0.6 is 0 Å². The number of carbonyl (C=O) groups excluding carboxylic acids is 3. The largest absolute Gasteiger partial charge is 0.459 e. The number of amides is 1. The molecule has 0 saturated heterocycles. The molecule has 0 unspecified atom stereocenters. The number of nitrogens with zero attached hydrogens (tertiary/aromatic N) is 1. The predicted molar refractivity (Wildman–Crippen MR) is 156 cm³/mol. The molecule has 0 N–H and O–H groups in total. The molecule has 6 heteroatoms. The van der Waals surface area contributed by atoms with E-state index in [1.165, 1.54) is 0 Å². The van der Waals surface area contributed by atoms with Gasteiger partial charge in [0.2, 0.25) is 0 Å². The van der Waals surface area contributed by atoms with Crippen LogP contribution in [-0.4, -0.2) is 28.8 Å². The van der Waals surface area contributed by atoms with E-state index in [9.17, 15) is 14.4 Å². The molecule has 0 saturated carbocycles. The highest BCUT2D eigenvalue weighted by atomic mass is 16.6. The van der Waals surface area contributed by atoms with Gasteiger partial charge in [0.25, 0.3) is 5.91 Å². The second kappa shape index (κ2) is 12.5. The Hall–Kier alpha value is -4.97. The summed E-state index contributed by atoms with van der Waals surface area (Å²) < 4.78 is 11.7. The van der Waals surface area contributed by atoms with Crippen LogP contribution in [0, 0.1) is 0 Å². The van der Waals surface area contributed by atoms with Crippen molar-refractivity contribution in [1.82, 2.24) is 4.90 Å². The van der Waals surface area contributed by atoms with Crippen LogP contribution in [0.15, 0.2) is 133 Å². The fourth-order valence-corrected chi connectivity index (χ4v) is 5.10. The Bertz CT molecular complexity index is 1530. The first-order valence-corrected chi connectivity index (χ1v) is 13.6. The quantitative estimate of drug-likeness (QED) is 0.232. The maximum absolute atomic E-state index is 14.4. The van der Waals surface area contributed by atoms with Crippen molar-refractivity contribution in [2.24, 2.45) is 0 Å². The molecule has 2 atom stereocenters. The van der Waals surface area contributed by atoms with Crippen molar-refractivity contribution in [3.05, 3.63) is 155 Å². The standard InChI is InChI=1S/C35H31NO5/c1-24(2)40-35(39)31-30(41-34(38)28-21-13-6-14-22-28)23-29(25-15-7-3-8-16-25)36(32(31)26-17-9-4-10-18-26)33(37)27-19-11-5-12-20-27/h3-22,24,29,32H,23H2,1-2H3/t29-,32-/m1/s1. The Morgan fingerprint density at radius 1 is 0.659 bits per heavy atom. The summed E-state index contributed by atoms with van der Waals surface area (Å²) in [4.78, 5) is 43.3. The van der Waals surface area contributed by atoms with Crippen molar-refractivity contribution >= 4 is 17.8 Å². The van der Waals surface area contributed by atoms with Crippen LogP contribution in [0.5, 0.6) is 0 Å². The minimum atomic E-state index is -0.882. The average molecular weight is 546 g/mol. The Morgan fingerprint density at radius 2 is 1.15 bits per heavy atom. The second-order valence-electron chi connectivity index (χ2n) is 10.1. The van der Waals surface area contributed by atoms with E-state index in [0.29, 0.717) is 16.7 Å². The molecule has 1 aliphatic rings. The van der Waals surface area contributed by atoms with E-state index >= 15 is 0 Å². The van der Waals surface area contributed by atoms with Crippen LogP contribution in [0.2, 0.25) is 0 Å². The van der Waals surface area contributed by atoms with Crippen molar-refractivity contribution in [3.63, 3.8) is 0 Å². The van der Waals surface area contributed by atoms with Gasteiger partial charge in [-0.2, -0.15) is 0 Å². The van der Waals surface area contributed by atoms with Gasteiger partial charge in [0.15, 0.2) is 0 Å². The van der Waals surface area contributed by atoms with Gasteiger partial charge in [0, 0.05) is 12.0 Å². The van der Waals surface area contributed by atoms with Gasteiger partial charge < -0.3 is 14.4 Å². The smallest absolute Gasteiger partial charge is 0.343 e. The third kappa shape index (κ3) is 6.12. The first-order valence-electron chi connectivity index (χ1n) is 13.6. The summed E-state index contributed by atoms with van der Waals surface area (Å²) in [5, 5.41) is 0. The number of ether oxygens (including phenoxy) is 2. The van der Waals surface area contributed by atoms with E-state index in [2.05, 4.69) is 0 Å². The zero-order chi connectivity index (χ0) is 28.8. The molecular weight excluding hydrogens is 514 g/mol. The maximum atomic E-state index is 14.4. The molecule has 0 fully saturated rings.